The van der Waals surface area contributed by atoms with Crippen molar-refractivity contribution in [3.8, 4) is 0 Å². The van der Waals surface area contributed by atoms with E-state index in [9.17, 15) is 4.79 Å². The SMILES string of the molecule is CCNC(=O)c1ccc(NC2CCC(C)C(C)C2)c(N)c1. The van der Waals surface area contributed by atoms with Crippen molar-refractivity contribution in [3.05, 3.63) is 23.8 Å². The molecule has 0 aliphatic heterocycles. The Hall–Kier alpha value is -1.71. The zero-order valence-corrected chi connectivity index (χ0v) is 13.3. The van der Waals surface area contributed by atoms with Crippen LogP contribution in [0.4, 0.5) is 11.4 Å². The molecule has 1 aromatic carbocycles. The molecular weight excluding hydrogens is 262 g/mol. The van der Waals surface area contributed by atoms with Crippen molar-refractivity contribution in [3.63, 3.8) is 0 Å². The Morgan fingerprint density at radius 3 is 2.67 bits per heavy atom. The van der Waals surface area contributed by atoms with E-state index in [1.165, 1.54) is 19.3 Å². The van der Waals surface area contributed by atoms with E-state index in [1.54, 1.807) is 6.07 Å². The lowest BCUT2D eigenvalue weighted by Gasteiger charge is -2.33. The van der Waals surface area contributed by atoms with Gasteiger partial charge in [0.1, 0.15) is 0 Å². The van der Waals surface area contributed by atoms with Crippen LogP contribution in [0.5, 0.6) is 0 Å². The molecule has 1 aliphatic carbocycles. The van der Waals surface area contributed by atoms with Gasteiger partial charge in [0.2, 0.25) is 0 Å². The van der Waals surface area contributed by atoms with Gasteiger partial charge in [-0.15, -0.1) is 0 Å². The normalized spacial score (nSPS) is 25.4. The van der Waals surface area contributed by atoms with Gasteiger partial charge in [0, 0.05) is 18.2 Å². The molecule has 2 rings (SSSR count). The number of benzene rings is 1. The molecule has 4 heteroatoms. The number of hydrogen-bond donors (Lipinski definition) is 3. The van der Waals surface area contributed by atoms with E-state index in [0.717, 1.165) is 17.5 Å². The summed E-state index contributed by atoms with van der Waals surface area (Å²) in [6.07, 6.45) is 3.62. The zero-order valence-electron chi connectivity index (χ0n) is 13.3. The molecule has 3 unspecified atom stereocenters. The molecule has 0 saturated heterocycles. The van der Waals surface area contributed by atoms with E-state index in [1.807, 2.05) is 19.1 Å². The fourth-order valence-corrected chi connectivity index (χ4v) is 3.00. The van der Waals surface area contributed by atoms with Crippen molar-refractivity contribution in [2.75, 3.05) is 17.6 Å². The molecule has 0 bridgehead atoms. The first kappa shape index (κ1) is 15.7. The minimum absolute atomic E-state index is 0.0733. The van der Waals surface area contributed by atoms with Gasteiger partial charge >= 0.3 is 0 Å². The summed E-state index contributed by atoms with van der Waals surface area (Å²) in [5.41, 5.74) is 8.29. The lowest BCUT2D eigenvalue weighted by molar-refractivity contribution is 0.0956. The molecule has 116 valence electrons. The van der Waals surface area contributed by atoms with Crippen LogP contribution in [-0.4, -0.2) is 18.5 Å². The van der Waals surface area contributed by atoms with Gasteiger partial charge in [-0.05, 0) is 56.2 Å². The topological polar surface area (TPSA) is 67.2 Å². The Morgan fingerprint density at radius 2 is 2.05 bits per heavy atom. The molecule has 1 amide bonds. The van der Waals surface area contributed by atoms with Crippen LogP contribution in [-0.2, 0) is 0 Å². The quantitative estimate of drug-likeness (QED) is 0.745. The maximum atomic E-state index is 11.8. The first-order chi connectivity index (χ1) is 10.0. The largest absolute Gasteiger partial charge is 0.397 e. The number of rotatable bonds is 4. The molecule has 1 aliphatic rings. The molecule has 21 heavy (non-hydrogen) atoms. The van der Waals surface area contributed by atoms with Crippen LogP contribution in [0.15, 0.2) is 18.2 Å². The van der Waals surface area contributed by atoms with Gasteiger partial charge in [-0.25, -0.2) is 0 Å². The zero-order chi connectivity index (χ0) is 15.4. The summed E-state index contributed by atoms with van der Waals surface area (Å²) in [5.74, 6) is 1.48. The molecule has 1 aromatic rings. The second kappa shape index (κ2) is 6.83. The smallest absolute Gasteiger partial charge is 0.251 e. The highest BCUT2D eigenvalue weighted by atomic mass is 16.1. The number of nitrogen functional groups attached to an aromatic ring is 1. The summed E-state index contributed by atoms with van der Waals surface area (Å²) in [6, 6.07) is 5.98. The molecule has 1 fully saturated rings. The van der Waals surface area contributed by atoms with Crippen molar-refractivity contribution in [2.45, 2.75) is 46.1 Å². The highest BCUT2D eigenvalue weighted by Gasteiger charge is 2.24. The van der Waals surface area contributed by atoms with Crippen LogP contribution in [0.3, 0.4) is 0 Å². The van der Waals surface area contributed by atoms with Gasteiger partial charge in [-0.3, -0.25) is 4.79 Å². The maximum absolute atomic E-state index is 11.8. The first-order valence-electron chi connectivity index (χ1n) is 7.95. The van der Waals surface area contributed by atoms with Gasteiger partial charge < -0.3 is 16.4 Å². The summed E-state index contributed by atoms with van der Waals surface area (Å²) in [4.78, 5) is 11.8. The third-order valence-corrected chi connectivity index (χ3v) is 4.61. The highest BCUT2D eigenvalue weighted by Crippen LogP contribution is 2.32. The molecule has 1 saturated carbocycles. The Bertz CT molecular complexity index is 501. The molecular formula is C17H27N3O. The van der Waals surface area contributed by atoms with Crippen molar-refractivity contribution in [1.29, 1.82) is 0 Å². The van der Waals surface area contributed by atoms with Crippen LogP contribution >= 0.6 is 0 Å². The number of carbonyl (C=O) groups is 1. The lowest BCUT2D eigenvalue weighted by atomic mass is 9.79. The van der Waals surface area contributed by atoms with E-state index in [-0.39, 0.29) is 5.91 Å². The minimum Gasteiger partial charge on any atom is -0.397 e. The first-order valence-corrected chi connectivity index (χ1v) is 7.95. The van der Waals surface area contributed by atoms with E-state index in [4.69, 9.17) is 5.73 Å². The van der Waals surface area contributed by atoms with E-state index in [0.29, 0.717) is 23.8 Å². The Balaban J connectivity index is 2.03. The van der Waals surface area contributed by atoms with Gasteiger partial charge in [-0.1, -0.05) is 13.8 Å². The average Bonchev–Trinajstić information content (AvgIpc) is 2.45. The Labute approximate surface area is 127 Å². The Morgan fingerprint density at radius 1 is 1.29 bits per heavy atom. The molecule has 4 N–H and O–H groups in total. The summed E-state index contributed by atoms with van der Waals surface area (Å²) in [6.45, 7) is 7.18. The highest BCUT2D eigenvalue weighted by molar-refractivity contribution is 5.96. The third kappa shape index (κ3) is 3.90. The number of amides is 1. The molecule has 3 atom stereocenters. The summed E-state index contributed by atoms with van der Waals surface area (Å²) in [5, 5.41) is 6.33. The second-order valence-electron chi connectivity index (χ2n) is 6.27. The number of hydrogen-bond acceptors (Lipinski definition) is 3. The number of nitrogens with two attached hydrogens (primary N) is 1. The Kier molecular flexibility index (Phi) is 5.10. The third-order valence-electron chi connectivity index (χ3n) is 4.61. The van der Waals surface area contributed by atoms with Crippen LogP contribution < -0.4 is 16.4 Å². The van der Waals surface area contributed by atoms with E-state index < -0.39 is 0 Å². The van der Waals surface area contributed by atoms with E-state index >= 15 is 0 Å². The van der Waals surface area contributed by atoms with Gasteiger partial charge in [0.15, 0.2) is 0 Å². The monoisotopic (exact) mass is 289 g/mol. The second-order valence-corrected chi connectivity index (χ2v) is 6.27. The predicted molar refractivity (Wildman–Crippen MR) is 88.5 cm³/mol. The molecule has 4 nitrogen and oxygen atoms in total. The number of anilines is 2. The fourth-order valence-electron chi connectivity index (χ4n) is 3.00. The lowest BCUT2D eigenvalue weighted by Crippen LogP contribution is -2.30. The molecule has 0 aromatic heterocycles. The molecule has 0 heterocycles. The summed E-state index contributed by atoms with van der Waals surface area (Å²) >= 11 is 0. The molecule has 0 radical (unpaired) electrons. The van der Waals surface area contributed by atoms with Crippen molar-refractivity contribution < 1.29 is 4.79 Å². The van der Waals surface area contributed by atoms with Gasteiger partial charge in [0.05, 0.1) is 11.4 Å². The maximum Gasteiger partial charge on any atom is 0.251 e. The predicted octanol–water partition coefficient (Wildman–Crippen LogP) is 3.26. The number of carbonyl (C=O) groups excluding carboxylic acids is 1. The van der Waals surface area contributed by atoms with Crippen LogP contribution in [0.1, 0.15) is 50.4 Å². The van der Waals surface area contributed by atoms with Crippen LogP contribution in [0.2, 0.25) is 0 Å². The molecule has 0 spiro atoms. The van der Waals surface area contributed by atoms with Crippen molar-refractivity contribution >= 4 is 17.3 Å². The fraction of sp³-hybridized carbons (Fsp3) is 0.588. The van der Waals surface area contributed by atoms with Crippen LogP contribution in [0, 0.1) is 11.8 Å². The van der Waals surface area contributed by atoms with Gasteiger partial charge in [0.25, 0.3) is 5.91 Å². The van der Waals surface area contributed by atoms with E-state index in [2.05, 4.69) is 24.5 Å². The summed E-state index contributed by atoms with van der Waals surface area (Å²) < 4.78 is 0. The number of nitrogens with one attached hydrogen (secondary N) is 2. The standard InChI is InChI=1S/C17H27N3O/c1-4-19-17(21)13-6-8-16(15(18)10-13)20-14-7-5-11(2)12(3)9-14/h6,8,10-12,14,20H,4-5,7,9,18H2,1-3H3,(H,19,21). The van der Waals surface area contributed by atoms with Crippen molar-refractivity contribution in [1.82, 2.24) is 5.32 Å². The van der Waals surface area contributed by atoms with Crippen molar-refractivity contribution in [2.24, 2.45) is 11.8 Å². The summed E-state index contributed by atoms with van der Waals surface area (Å²) in [7, 11) is 0. The van der Waals surface area contributed by atoms with Crippen LogP contribution in [0.25, 0.3) is 0 Å². The average molecular weight is 289 g/mol. The van der Waals surface area contributed by atoms with Gasteiger partial charge in [-0.2, -0.15) is 0 Å². The minimum atomic E-state index is -0.0733.